The lowest BCUT2D eigenvalue weighted by Crippen LogP contribution is -2.54. The number of rotatable bonds is 21. The summed E-state index contributed by atoms with van der Waals surface area (Å²) in [6.45, 7) is 10.3. The number of esters is 1. The quantitative estimate of drug-likeness (QED) is 0.0395. The number of alkyl carbamates (subject to hydrolysis) is 1. The Balaban J connectivity index is 1.00. The van der Waals surface area contributed by atoms with E-state index in [2.05, 4.69) is 26.6 Å². The second kappa shape index (κ2) is 22.7. The fraction of sp³-hybridized carbons (Fsp3) is 0.481. The van der Waals surface area contributed by atoms with Crippen LogP contribution in [0.3, 0.4) is 0 Å². The number of halogens is 1. The summed E-state index contributed by atoms with van der Waals surface area (Å²) in [5.74, 6) is -3.35. The van der Waals surface area contributed by atoms with Gasteiger partial charge in [0.25, 0.3) is 5.56 Å². The number of cyclic esters (lactones) is 1. The summed E-state index contributed by atoms with van der Waals surface area (Å²) in [5, 5.41) is 25.7. The summed E-state index contributed by atoms with van der Waals surface area (Å²) in [6.07, 6.45) is 0.561. The Labute approximate surface area is 420 Å². The van der Waals surface area contributed by atoms with Crippen LogP contribution in [-0.4, -0.2) is 88.1 Å². The van der Waals surface area contributed by atoms with Crippen molar-refractivity contribution in [1.29, 1.82) is 0 Å². The molecular formula is C52H63FN8O12. The maximum Gasteiger partial charge on any atom is 0.407 e. The zero-order chi connectivity index (χ0) is 52.9. The number of ether oxygens (including phenoxy) is 3. The molecule has 0 bridgehead atoms. The summed E-state index contributed by atoms with van der Waals surface area (Å²) >= 11 is 0. The van der Waals surface area contributed by atoms with Crippen LogP contribution in [0.25, 0.3) is 22.3 Å². The number of fused-ring (bicyclic) bond motifs is 5. The number of pyridine rings is 2. The van der Waals surface area contributed by atoms with Crippen molar-refractivity contribution in [3.63, 3.8) is 0 Å². The van der Waals surface area contributed by atoms with E-state index < -0.39 is 70.9 Å². The lowest BCUT2D eigenvalue weighted by atomic mass is 9.81. The van der Waals surface area contributed by atoms with Gasteiger partial charge in [-0.25, -0.2) is 23.8 Å². The number of primary amides is 1. The number of hydrogen-bond acceptors (Lipinski definition) is 13. The third-order valence-electron chi connectivity index (χ3n) is 13.7. The van der Waals surface area contributed by atoms with E-state index >= 15 is 4.39 Å². The standard InChI is InChI=1S/C52H63FN8O12/c1-7-52(70)34-21-39-45-32(23-61(39)48(66)33(34)25-72-49(52)67)43-36(15-14-31-28(6)35(53)22-38(57-45)42(31)43)59-51(69)73-24-29-10-12-30(13-11-29)56-46(64)37(9-8-18-55-50(54)68)58-47(65)44(27(4)5)60-41(63)17-20-71-19-16-40(62)26(2)3/h10-13,21-22,26-27,36-37,44,70H,7-9,14-20,23-25H2,1-6H3,(H,56,64)(H,58,65)(H,59,69)(H,60,63)(H3,54,55,68)/t36-,37-,44-,52-/m0/s1. The molecule has 73 heavy (non-hydrogen) atoms. The van der Waals surface area contributed by atoms with E-state index in [4.69, 9.17) is 24.9 Å². The van der Waals surface area contributed by atoms with Crippen LogP contribution in [0.4, 0.5) is 19.7 Å². The molecule has 0 unspecified atom stereocenters. The van der Waals surface area contributed by atoms with Gasteiger partial charge in [-0.3, -0.25) is 24.0 Å². The number of aromatic nitrogens is 2. The second-order valence-corrected chi connectivity index (χ2v) is 19.3. The van der Waals surface area contributed by atoms with Crippen molar-refractivity contribution in [3.8, 4) is 11.4 Å². The van der Waals surface area contributed by atoms with Gasteiger partial charge in [0, 0.05) is 53.6 Å². The number of Topliss-reactive ketones (excluding diaryl/α,β-unsaturated/α-hetero) is 1. The molecule has 21 heteroatoms. The largest absolute Gasteiger partial charge is 0.458 e. The number of ketones is 1. The molecule has 4 aromatic rings. The fourth-order valence-electron chi connectivity index (χ4n) is 9.50. The maximum absolute atomic E-state index is 15.4. The summed E-state index contributed by atoms with van der Waals surface area (Å²) in [4.78, 5) is 108. The van der Waals surface area contributed by atoms with Crippen LogP contribution in [0.1, 0.15) is 118 Å². The Morgan fingerprint density at radius 3 is 2.40 bits per heavy atom. The predicted octanol–water partition coefficient (Wildman–Crippen LogP) is 4.48. The van der Waals surface area contributed by atoms with Crippen molar-refractivity contribution < 1.29 is 57.3 Å². The Bertz CT molecular complexity index is 2900. The van der Waals surface area contributed by atoms with Crippen LogP contribution in [0.15, 0.2) is 41.2 Å². The minimum atomic E-state index is -2.04. The van der Waals surface area contributed by atoms with Gasteiger partial charge in [0.15, 0.2) is 5.60 Å². The van der Waals surface area contributed by atoms with E-state index in [1.54, 1.807) is 71.9 Å². The monoisotopic (exact) mass is 1010 g/mol. The zero-order valence-electron chi connectivity index (χ0n) is 41.8. The predicted molar refractivity (Wildman–Crippen MR) is 264 cm³/mol. The molecule has 6 amide bonds. The number of nitrogens with one attached hydrogen (secondary N) is 5. The molecule has 0 spiro atoms. The lowest BCUT2D eigenvalue weighted by Gasteiger charge is -2.31. The van der Waals surface area contributed by atoms with E-state index in [0.29, 0.717) is 63.1 Å². The summed E-state index contributed by atoms with van der Waals surface area (Å²) in [6, 6.07) is 5.92. The van der Waals surface area contributed by atoms with Crippen molar-refractivity contribution in [2.24, 2.45) is 17.6 Å². The summed E-state index contributed by atoms with van der Waals surface area (Å²) < 4.78 is 33.3. The first-order valence-corrected chi connectivity index (χ1v) is 24.6. The molecule has 1 aliphatic carbocycles. The van der Waals surface area contributed by atoms with Gasteiger partial charge >= 0.3 is 18.1 Å². The van der Waals surface area contributed by atoms with Crippen molar-refractivity contribution in [2.45, 2.75) is 130 Å². The highest BCUT2D eigenvalue weighted by atomic mass is 19.1. The number of nitrogens with zero attached hydrogens (tertiary/aromatic N) is 2. The molecule has 3 aliphatic rings. The van der Waals surface area contributed by atoms with Crippen LogP contribution in [-0.2, 0) is 70.0 Å². The van der Waals surface area contributed by atoms with Gasteiger partial charge in [0.05, 0.1) is 48.3 Å². The topological polar surface area (TPSA) is 288 Å². The van der Waals surface area contributed by atoms with Crippen molar-refractivity contribution >= 4 is 58.2 Å². The molecule has 2 aromatic carbocycles. The van der Waals surface area contributed by atoms with Crippen LogP contribution in [0, 0.1) is 24.6 Å². The van der Waals surface area contributed by atoms with E-state index in [9.17, 15) is 43.5 Å². The lowest BCUT2D eigenvalue weighted by molar-refractivity contribution is -0.172. The molecule has 8 N–H and O–H groups in total. The van der Waals surface area contributed by atoms with E-state index in [1.165, 1.54) is 10.6 Å². The molecule has 2 aromatic heterocycles. The Morgan fingerprint density at radius 2 is 1.71 bits per heavy atom. The number of amides is 6. The van der Waals surface area contributed by atoms with Crippen molar-refractivity contribution in [2.75, 3.05) is 25.1 Å². The third-order valence-corrected chi connectivity index (χ3v) is 13.7. The first kappa shape index (κ1) is 53.5. The molecule has 20 nitrogen and oxygen atoms in total. The average molecular weight is 1010 g/mol. The number of aryl methyl sites for hydroxylation is 1. The number of urea groups is 1. The Kier molecular flexibility index (Phi) is 16.6. The van der Waals surface area contributed by atoms with Crippen molar-refractivity contribution in [3.05, 3.63) is 91.5 Å². The number of aliphatic hydroxyl groups is 1. The highest BCUT2D eigenvalue weighted by Gasteiger charge is 2.46. The van der Waals surface area contributed by atoms with Crippen LogP contribution >= 0.6 is 0 Å². The molecule has 0 saturated heterocycles. The first-order valence-electron chi connectivity index (χ1n) is 24.6. The third kappa shape index (κ3) is 11.7. The SMILES string of the molecule is CC[C@@]1(O)C(=O)OCc2c1cc1n(c2=O)Cc2c-1nc1cc(F)c(C)c3c1c2[C@@H](NC(=O)OCc1ccc(NC(=O)[C@H](CCCNC(N)=O)NC(=O)[C@@H](NC(=O)CCOCCC(=O)C(C)C)C(C)C)cc1)CC3. The maximum atomic E-state index is 15.4. The molecule has 4 atom stereocenters. The molecular weight excluding hydrogens is 948 g/mol. The van der Waals surface area contributed by atoms with E-state index in [-0.39, 0.29) is 100 Å². The highest BCUT2D eigenvalue weighted by Crippen LogP contribution is 2.46. The normalized spacial score (nSPS) is 17.2. The van der Waals surface area contributed by atoms with Crippen LogP contribution in [0.5, 0.6) is 0 Å². The van der Waals surface area contributed by atoms with Gasteiger partial charge in [-0.15, -0.1) is 0 Å². The van der Waals surface area contributed by atoms with Gasteiger partial charge in [-0.2, -0.15) is 0 Å². The van der Waals surface area contributed by atoms with Gasteiger partial charge in [0.2, 0.25) is 17.7 Å². The van der Waals surface area contributed by atoms with E-state index in [0.717, 1.165) is 5.56 Å². The average Bonchev–Trinajstić information content (AvgIpc) is 3.72. The van der Waals surface area contributed by atoms with Gasteiger partial charge in [-0.05, 0) is 85.4 Å². The first-order chi connectivity index (χ1) is 34.7. The second-order valence-electron chi connectivity index (χ2n) is 19.3. The van der Waals surface area contributed by atoms with Gasteiger partial charge in [0.1, 0.15) is 36.9 Å². The van der Waals surface area contributed by atoms with Gasteiger partial charge in [-0.1, -0.05) is 46.8 Å². The molecule has 4 heterocycles. The number of hydrogen-bond donors (Lipinski definition) is 7. The van der Waals surface area contributed by atoms with E-state index in [1.807, 2.05) is 0 Å². The Morgan fingerprint density at radius 1 is 0.986 bits per heavy atom. The number of carbonyl (C=O) groups is 7. The number of carbonyl (C=O) groups excluding carboxylic acids is 7. The molecule has 0 saturated carbocycles. The fourth-order valence-corrected chi connectivity index (χ4v) is 9.50. The van der Waals surface area contributed by atoms with Crippen LogP contribution in [0.2, 0.25) is 0 Å². The Hall–Kier alpha value is -7.26. The molecule has 7 rings (SSSR count). The number of benzene rings is 2. The molecule has 0 radical (unpaired) electrons. The van der Waals surface area contributed by atoms with Crippen molar-refractivity contribution in [1.82, 2.24) is 30.8 Å². The minimum Gasteiger partial charge on any atom is -0.458 e. The summed E-state index contributed by atoms with van der Waals surface area (Å²) in [7, 11) is 0. The zero-order valence-corrected chi connectivity index (χ0v) is 41.8. The highest BCUT2D eigenvalue weighted by molar-refractivity contribution is 5.99. The van der Waals surface area contributed by atoms with Crippen LogP contribution < -0.4 is 37.9 Å². The van der Waals surface area contributed by atoms with Gasteiger partial charge < -0.3 is 56.2 Å². The molecule has 2 aliphatic heterocycles. The number of nitrogens with two attached hydrogens (primary N) is 1. The minimum absolute atomic E-state index is 0.0388. The molecule has 0 fully saturated rings. The molecule has 390 valence electrons. The smallest absolute Gasteiger partial charge is 0.407 e. The summed E-state index contributed by atoms with van der Waals surface area (Å²) in [5.41, 5.74) is 7.47. The number of anilines is 1.